The largest absolute Gasteiger partial charge is 0.374 e. The van der Waals surface area contributed by atoms with Crippen LogP contribution in [0.1, 0.15) is 58.3 Å². The van der Waals surface area contributed by atoms with Crippen molar-refractivity contribution < 1.29 is 4.74 Å². The van der Waals surface area contributed by atoms with Gasteiger partial charge in [-0.1, -0.05) is 18.2 Å². The van der Waals surface area contributed by atoms with Gasteiger partial charge in [-0.3, -0.25) is 0 Å². The van der Waals surface area contributed by atoms with Crippen LogP contribution in [-0.2, 0) is 4.74 Å². The molecule has 0 aliphatic heterocycles. The summed E-state index contributed by atoms with van der Waals surface area (Å²) in [7, 11) is 0. The lowest BCUT2D eigenvalue weighted by molar-refractivity contribution is 0.0220. The number of hydrogen-bond acceptors (Lipinski definition) is 1. The third-order valence-electron chi connectivity index (χ3n) is 5.12. The van der Waals surface area contributed by atoms with Gasteiger partial charge in [-0.2, -0.15) is 0 Å². The summed E-state index contributed by atoms with van der Waals surface area (Å²) in [5, 5.41) is 0. The SMILES string of the molecule is C=CCOC1CCC(C2CCC(C=CC)CC2)CC1. The molecule has 2 aliphatic rings. The van der Waals surface area contributed by atoms with Crippen molar-refractivity contribution in [1.82, 2.24) is 0 Å². The summed E-state index contributed by atoms with van der Waals surface area (Å²) in [6.07, 6.45) is 18.1. The first-order valence-corrected chi connectivity index (χ1v) is 8.18. The molecule has 0 aromatic rings. The molecule has 1 heteroatoms. The number of allylic oxidation sites excluding steroid dienone is 2. The summed E-state index contributed by atoms with van der Waals surface area (Å²) in [6, 6.07) is 0. The highest BCUT2D eigenvalue weighted by atomic mass is 16.5. The van der Waals surface area contributed by atoms with E-state index in [2.05, 4.69) is 25.7 Å². The van der Waals surface area contributed by atoms with Gasteiger partial charge in [0.05, 0.1) is 12.7 Å². The van der Waals surface area contributed by atoms with Crippen LogP contribution in [0.4, 0.5) is 0 Å². The van der Waals surface area contributed by atoms with E-state index >= 15 is 0 Å². The third-order valence-corrected chi connectivity index (χ3v) is 5.12. The molecule has 2 rings (SSSR count). The molecule has 2 saturated carbocycles. The zero-order valence-electron chi connectivity index (χ0n) is 12.5. The normalized spacial score (nSPS) is 36.5. The highest BCUT2D eigenvalue weighted by molar-refractivity contribution is 4.90. The summed E-state index contributed by atoms with van der Waals surface area (Å²) in [5.41, 5.74) is 0. The maximum Gasteiger partial charge on any atom is 0.0648 e. The van der Waals surface area contributed by atoms with Crippen LogP contribution in [0.15, 0.2) is 24.8 Å². The fraction of sp³-hybridized carbons (Fsp3) is 0.778. The molecule has 1 nitrogen and oxygen atoms in total. The predicted molar refractivity (Wildman–Crippen MR) is 82.2 cm³/mol. The minimum absolute atomic E-state index is 0.508. The van der Waals surface area contributed by atoms with E-state index in [0.717, 1.165) is 24.4 Å². The van der Waals surface area contributed by atoms with E-state index in [1.807, 2.05) is 6.08 Å². The Balaban J connectivity index is 1.69. The Morgan fingerprint density at radius 2 is 1.53 bits per heavy atom. The smallest absolute Gasteiger partial charge is 0.0648 e. The van der Waals surface area contributed by atoms with E-state index in [1.54, 1.807) is 0 Å². The molecule has 0 spiro atoms. The molecule has 2 aliphatic carbocycles. The molecule has 0 N–H and O–H groups in total. The Morgan fingerprint density at radius 1 is 0.947 bits per heavy atom. The second-order valence-electron chi connectivity index (χ2n) is 6.36. The highest BCUT2D eigenvalue weighted by Crippen LogP contribution is 2.40. The summed E-state index contributed by atoms with van der Waals surface area (Å²) in [5.74, 6) is 2.85. The Hall–Kier alpha value is -0.560. The minimum Gasteiger partial charge on any atom is -0.374 e. The van der Waals surface area contributed by atoms with Crippen LogP contribution in [0.25, 0.3) is 0 Å². The van der Waals surface area contributed by atoms with E-state index in [0.29, 0.717) is 6.10 Å². The standard InChI is InChI=1S/C18H30O/c1-3-5-15-6-8-16(9-7-15)17-10-12-18(13-11-17)19-14-4-2/h3-5,15-18H,2,6-14H2,1H3. The van der Waals surface area contributed by atoms with Gasteiger partial charge in [0, 0.05) is 0 Å². The zero-order valence-corrected chi connectivity index (χ0v) is 12.5. The maximum atomic E-state index is 5.79. The average Bonchev–Trinajstić information content (AvgIpc) is 2.47. The van der Waals surface area contributed by atoms with Gasteiger partial charge in [0.2, 0.25) is 0 Å². The molecule has 0 saturated heterocycles. The van der Waals surface area contributed by atoms with Crippen LogP contribution in [0.3, 0.4) is 0 Å². The molecule has 0 heterocycles. The Morgan fingerprint density at radius 3 is 2.05 bits per heavy atom. The second kappa shape index (κ2) is 7.89. The van der Waals surface area contributed by atoms with E-state index in [9.17, 15) is 0 Å². The molecular weight excluding hydrogens is 232 g/mol. The minimum atomic E-state index is 0.508. The van der Waals surface area contributed by atoms with Gasteiger partial charge >= 0.3 is 0 Å². The molecule has 2 fully saturated rings. The molecule has 0 unspecified atom stereocenters. The van der Waals surface area contributed by atoms with Gasteiger partial charge in [-0.05, 0) is 76.0 Å². The molecule has 0 aromatic heterocycles. The lowest BCUT2D eigenvalue weighted by Gasteiger charge is -2.37. The fourth-order valence-corrected chi connectivity index (χ4v) is 4.01. The Labute approximate surface area is 119 Å². The molecular formula is C18H30O. The van der Waals surface area contributed by atoms with Crippen molar-refractivity contribution in [2.45, 2.75) is 64.4 Å². The maximum absolute atomic E-state index is 5.79. The van der Waals surface area contributed by atoms with E-state index in [4.69, 9.17) is 4.74 Å². The second-order valence-corrected chi connectivity index (χ2v) is 6.36. The quantitative estimate of drug-likeness (QED) is 0.624. The number of rotatable bonds is 5. The van der Waals surface area contributed by atoms with Crippen LogP contribution in [0.5, 0.6) is 0 Å². The lowest BCUT2D eigenvalue weighted by Crippen LogP contribution is -2.28. The van der Waals surface area contributed by atoms with Gasteiger partial charge in [0.15, 0.2) is 0 Å². The summed E-state index contributed by atoms with van der Waals surface area (Å²) >= 11 is 0. The summed E-state index contributed by atoms with van der Waals surface area (Å²) in [4.78, 5) is 0. The van der Waals surface area contributed by atoms with E-state index < -0.39 is 0 Å². The monoisotopic (exact) mass is 262 g/mol. The van der Waals surface area contributed by atoms with Crippen molar-refractivity contribution in [3.8, 4) is 0 Å². The van der Waals surface area contributed by atoms with E-state index in [1.165, 1.54) is 51.4 Å². The van der Waals surface area contributed by atoms with Crippen molar-refractivity contribution in [3.05, 3.63) is 24.8 Å². The Kier molecular flexibility index (Phi) is 6.16. The first-order valence-electron chi connectivity index (χ1n) is 8.18. The number of ether oxygens (including phenoxy) is 1. The van der Waals surface area contributed by atoms with Crippen molar-refractivity contribution in [2.24, 2.45) is 17.8 Å². The molecule has 0 amide bonds. The average molecular weight is 262 g/mol. The van der Waals surface area contributed by atoms with Crippen molar-refractivity contribution in [1.29, 1.82) is 0 Å². The van der Waals surface area contributed by atoms with Crippen molar-refractivity contribution >= 4 is 0 Å². The summed E-state index contributed by atoms with van der Waals surface area (Å²) < 4.78 is 5.79. The van der Waals surface area contributed by atoms with Crippen LogP contribution >= 0.6 is 0 Å². The topological polar surface area (TPSA) is 9.23 Å². The first kappa shape index (κ1) is 14.8. The Bertz CT molecular complexity index is 278. The molecule has 19 heavy (non-hydrogen) atoms. The van der Waals surface area contributed by atoms with E-state index in [-0.39, 0.29) is 0 Å². The molecule has 0 atom stereocenters. The molecule has 0 aromatic carbocycles. The fourth-order valence-electron chi connectivity index (χ4n) is 4.01. The van der Waals surface area contributed by atoms with Gasteiger partial charge in [0.1, 0.15) is 0 Å². The summed E-state index contributed by atoms with van der Waals surface area (Å²) in [6.45, 7) is 6.60. The highest BCUT2D eigenvalue weighted by Gasteiger charge is 2.30. The van der Waals surface area contributed by atoms with Gasteiger partial charge in [-0.25, -0.2) is 0 Å². The van der Waals surface area contributed by atoms with Crippen LogP contribution < -0.4 is 0 Å². The van der Waals surface area contributed by atoms with Crippen LogP contribution in [0.2, 0.25) is 0 Å². The van der Waals surface area contributed by atoms with Gasteiger partial charge in [0.25, 0.3) is 0 Å². The van der Waals surface area contributed by atoms with Crippen LogP contribution in [-0.4, -0.2) is 12.7 Å². The lowest BCUT2D eigenvalue weighted by atomic mass is 9.70. The van der Waals surface area contributed by atoms with Crippen LogP contribution in [0, 0.1) is 17.8 Å². The molecule has 0 bridgehead atoms. The molecule has 108 valence electrons. The van der Waals surface area contributed by atoms with Crippen molar-refractivity contribution in [3.63, 3.8) is 0 Å². The molecule has 0 radical (unpaired) electrons. The number of hydrogen-bond donors (Lipinski definition) is 0. The van der Waals surface area contributed by atoms with Gasteiger partial charge < -0.3 is 4.74 Å². The van der Waals surface area contributed by atoms with Crippen molar-refractivity contribution in [2.75, 3.05) is 6.61 Å². The third kappa shape index (κ3) is 4.49. The zero-order chi connectivity index (χ0) is 13.5. The van der Waals surface area contributed by atoms with Gasteiger partial charge in [-0.15, -0.1) is 6.58 Å². The predicted octanol–water partition coefficient (Wildman–Crippen LogP) is 5.13. The first-order chi connectivity index (χ1) is 9.33.